The first kappa shape index (κ1) is 15.6. The van der Waals surface area contributed by atoms with Crippen molar-refractivity contribution >= 4 is 16.9 Å². The van der Waals surface area contributed by atoms with Gasteiger partial charge in [0, 0.05) is 12.3 Å². The maximum absolute atomic E-state index is 14.0. The molecule has 2 aromatic rings. The van der Waals surface area contributed by atoms with E-state index in [1.807, 2.05) is 0 Å². The Hall–Kier alpha value is -2.75. The Kier molecular flexibility index (Phi) is 4.22. The first-order valence-corrected chi connectivity index (χ1v) is 6.45. The van der Waals surface area contributed by atoms with Crippen LogP contribution >= 0.6 is 0 Å². The molecule has 0 aliphatic rings. The highest BCUT2D eigenvalue weighted by Crippen LogP contribution is 2.18. The van der Waals surface area contributed by atoms with E-state index in [9.17, 15) is 18.4 Å². The van der Waals surface area contributed by atoms with Crippen molar-refractivity contribution in [3.8, 4) is 6.07 Å². The average Bonchev–Trinajstić information content (AvgIpc) is 2.40. The second-order valence-corrected chi connectivity index (χ2v) is 4.93. The summed E-state index contributed by atoms with van der Waals surface area (Å²) in [5, 5.41) is 8.66. The van der Waals surface area contributed by atoms with Crippen LogP contribution in [0.25, 0.3) is 10.9 Å². The van der Waals surface area contributed by atoms with Gasteiger partial charge in [0.05, 0.1) is 17.0 Å². The lowest BCUT2D eigenvalue weighted by Crippen LogP contribution is -2.21. The van der Waals surface area contributed by atoms with Gasteiger partial charge in [0.15, 0.2) is 5.82 Å². The number of nitriles is 1. The largest absolute Gasteiger partial charge is 0.462 e. The maximum Gasteiger partial charge on any atom is 0.326 e. The molecule has 0 bridgehead atoms. The lowest BCUT2D eigenvalue weighted by molar-refractivity contribution is -0.148. The summed E-state index contributed by atoms with van der Waals surface area (Å²) in [6, 6.07) is 3.10. The van der Waals surface area contributed by atoms with Crippen LogP contribution < -0.4 is 5.43 Å². The van der Waals surface area contributed by atoms with Gasteiger partial charge in [-0.1, -0.05) is 0 Å². The summed E-state index contributed by atoms with van der Waals surface area (Å²) < 4.78 is 33.3. The van der Waals surface area contributed by atoms with Crippen molar-refractivity contribution in [3.05, 3.63) is 45.8 Å². The number of carbonyl (C=O) groups is 1. The molecular weight excluding hydrogens is 294 g/mol. The summed E-state index contributed by atoms with van der Waals surface area (Å²) in [6.45, 7) is 2.91. The molecule has 1 heterocycles. The van der Waals surface area contributed by atoms with Gasteiger partial charge in [0.2, 0.25) is 5.43 Å². The Labute approximate surface area is 124 Å². The van der Waals surface area contributed by atoms with E-state index in [-0.39, 0.29) is 22.6 Å². The molecule has 0 N–H and O–H groups in total. The first-order chi connectivity index (χ1) is 10.3. The van der Waals surface area contributed by atoms with Crippen molar-refractivity contribution in [1.82, 2.24) is 4.57 Å². The van der Waals surface area contributed by atoms with E-state index in [0.29, 0.717) is 6.07 Å². The number of ether oxygens (including phenoxy) is 1. The number of fused-ring (bicyclic) bond motifs is 1. The van der Waals surface area contributed by atoms with Crippen molar-refractivity contribution in [3.63, 3.8) is 0 Å². The predicted octanol–water partition coefficient (Wildman–Crippen LogP) is 2.10. The standard InChI is InChI=1S/C15H12F2N2O3/c1-8(2)22-13(20)7-19-6-9(5-18)15(21)11-3-10(16)4-12(17)14(11)19/h3-4,6,8H,7H2,1-2H3. The van der Waals surface area contributed by atoms with E-state index in [1.165, 1.54) is 0 Å². The number of pyridine rings is 1. The smallest absolute Gasteiger partial charge is 0.326 e. The highest BCUT2D eigenvalue weighted by Gasteiger charge is 2.17. The molecule has 0 aliphatic heterocycles. The molecule has 7 heteroatoms. The molecular formula is C15H12F2N2O3. The summed E-state index contributed by atoms with van der Waals surface area (Å²) in [5.74, 6) is -2.59. The molecule has 0 saturated carbocycles. The summed E-state index contributed by atoms with van der Waals surface area (Å²) >= 11 is 0. The Bertz CT molecular complexity index is 850. The first-order valence-electron chi connectivity index (χ1n) is 6.45. The summed E-state index contributed by atoms with van der Waals surface area (Å²) in [6.07, 6.45) is 0.698. The van der Waals surface area contributed by atoms with Gasteiger partial charge in [-0.05, 0) is 19.9 Å². The molecule has 0 amide bonds. The van der Waals surface area contributed by atoms with Crippen LogP contribution in [0.4, 0.5) is 8.78 Å². The van der Waals surface area contributed by atoms with Gasteiger partial charge in [0.25, 0.3) is 0 Å². The van der Waals surface area contributed by atoms with Gasteiger partial charge in [0.1, 0.15) is 24.0 Å². The van der Waals surface area contributed by atoms with Crippen molar-refractivity contribution in [2.45, 2.75) is 26.5 Å². The number of rotatable bonds is 3. The number of hydrogen-bond donors (Lipinski definition) is 0. The Balaban J connectivity index is 2.68. The molecule has 2 rings (SSSR count). The lowest BCUT2D eigenvalue weighted by Gasteiger charge is -2.13. The fourth-order valence-corrected chi connectivity index (χ4v) is 2.10. The van der Waals surface area contributed by atoms with Crippen molar-refractivity contribution in [1.29, 1.82) is 5.26 Å². The van der Waals surface area contributed by atoms with E-state index >= 15 is 0 Å². The van der Waals surface area contributed by atoms with E-state index in [4.69, 9.17) is 10.00 Å². The monoisotopic (exact) mass is 306 g/mol. The van der Waals surface area contributed by atoms with Crippen LogP contribution in [0, 0.1) is 23.0 Å². The highest BCUT2D eigenvalue weighted by atomic mass is 19.1. The zero-order valence-electron chi connectivity index (χ0n) is 11.9. The van der Waals surface area contributed by atoms with Crippen molar-refractivity contribution < 1.29 is 18.3 Å². The van der Waals surface area contributed by atoms with Crippen LogP contribution in [0.2, 0.25) is 0 Å². The topological polar surface area (TPSA) is 72.1 Å². The number of halogens is 2. The van der Waals surface area contributed by atoms with Crippen LogP contribution in [0.5, 0.6) is 0 Å². The van der Waals surface area contributed by atoms with Gasteiger partial charge in [-0.25, -0.2) is 8.78 Å². The number of benzene rings is 1. The van der Waals surface area contributed by atoms with Gasteiger partial charge in [-0.2, -0.15) is 5.26 Å². The SMILES string of the molecule is CC(C)OC(=O)Cn1cc(C#N)c(=O)c2cc(F)cc(F)c21. The normalized spacial score (nSPS) is 10.7. The fraction of sp³-hybridized carbons (Fsp3) is 0.267. The highest BCUT2D eigenvalue weighted by molar-refractivity contribution is 5.82. The third-order valence-electron chi connectivity index (χ3n) is 2.88. The van der Waals surface area contributed by atoms with Crippen molar-refractivity contribution in [2.75, 3.05) is 0 Å². The molecule has 0 unspecified atom stereocenters. The minimum Gasteiger partial charge on any atom is -0.462 e. The molecule has 1 aromatic carbocycles. The lowest BCUT2D eigenvalue weighted by atomic mass is 10.1. The van der Waals surface area contributed by atoms with Crippen LogP contribution in [-0.4, -0.2) is 16.6 Å². The van der Waals surface area contributed by atoms with E-state index in [2.05, 4.69) is 0 Å². The fourth-order valence-electron chi connectivity index (χ4n) is 2.10. The average molecular weight is 306 g/mol. The molecule has 22 heavy (non-hydrogen) atoms. The Morgan fingerprint density at radius 2 is 2.09 bits per heavy atom. The molecule has 5 nitrogen and oxygen atoms in total. The van der Waals surface area contributed by atoms with Crippen LogP contribution in [0.15, 0.2) is 23.1 Å². The minimum absolute atomic E-state index is 0.244. The minimum atomic E-state index is -0.992. The van der Waals surface area contributed by atoms with Gasteiger partial charge in [-0.15, -0.1) is 0 Å². The number of hydrogen-bond acceptors (Lipinski definition) is 4. The molecule has 0 aliphatic carbocycles. The molecule has 0 spiro atoms. The Morgan fingerprint density at radius 3 is 2.68 bits per heavy atom. The van der Waals surface area contributed by atoms with E-state index in [1.54, 1.807) is 19.9 Å². The zero-order chi connectivity index (χ0) is 16.4. The van der Waals surface area contributed by atoms with Gasteiger partial charge < -0.3 is 9.30 Å². The zero-order valence-corrected chi connectivity index (χ0v) is 11.9. The molecule has 0 radical (unpaired) electrons. The second-order valence-electron chi connectivity index (χ2n) is 4.93. The molecule has 1 aromatic heterocycles. The number of carbonyl (C=O) groups excluding carboxylic acids is 1. The third kappa shape index (κ3) is 2.96. The molecule has 114 valence electrons. The number of nitrogens with zero attached hydrogens (tertiary/aromatic N) is 2. The molecule has 0 saturated heterocycles. The predicted molar refractivity (Wildman–Crippen MR) is 74.1 cm³/mol. The quantitative estimate of drug-likeness (QED) is 0.814. The molecule has 0 atom stereocenters. The number of esters is 1. The third-order valence-corrected chi connectivity index (χ3v) is 2.88. The Morgan fingerprint density at radius 1 is 1.41 bits per heavy atom. The maximum atomic E-state index is 14.0. The van der Waals surface area contributed by atoms with Gasteiger partial charge >= 0.3 is 5.97 Å². The van der Waals surface area contributed by atoms with Crippen LogP contribution in [0.1, 0.15) is 19.4 Å². The van der Waals surface area contributed by atoms with Crippen molar-refractivity contribution in [2.24, 2.45) is 0 Å². The summed E-state index contributed by atoms with van der Waals surface area (Å²) in [4.78, 5) is 23.7. The van der Waals surface area contributed by atoms with Crippen LogP contribution in [0.3, 0.4) is 0 Å². The van der Waals surface area contributed by atoms with E-state index < -0.39 is 29.6 Å². The summed E-state index contributed by atoms with van der Waals surface area (Å²) in [5.41, 5.74) is -1.34. The second kappa shape index (κ2) is 5.93. The summed E-state index contributed by atoms with van der Waals surface area (Å²) in [7, 11) is 0. The number of aromatic nitrogens is 1. The van der Waals surface area contributed by atoms with Crippen LogP contribution in [-0.2, 0) is 16.1 Å². The van der Waals surface area contributed by atoms with E-state index in [0.717, 1.165) is 16.8 Å². The molecule has 0 fully saturated rings. The van der Waals surface area contributed by atoms with Gasteiger partial charge in [-0.3, -0.25) is 9.59 Å².